The van der Waals surface area contributed by atoms with Crippen LogP contribution >= 0.6 is 0 Å². The predicted molar refractivity (Wildman–Crippen MR) is 206 cm³/mol. The molecule has 0 heterocycles. The number of hydrogen-bond donors (Lipinski definition) is 0. The topological polar surface area (TPSA) is 0 Å². The molecule has 0 unspecified atom stereocenters. The largest absolute Gasteiger partial charge is 0.0622 e. The van der Waals surface area contributed by atoms with Crippen molar-refractivity contribution in [1.29, 1.82) is 0 Å². The SMILES string of the molecule is c1ccc(-c2ccc(-c3c4ccccc4c(-c4ccc(-c5cccc6ccccc56)cc4-c4ccccc4)c4ccccc34)cc2)cc1. The molecule has 0 bridgehead atoms. The van der Waals surface area contributed by atoms with Crippen LogP contribution in [0.1, 0.15) is 0 Å². The summed E-state index contributed by atoms with van der Waals surface area (Å²) in [6.45, 7) is 0. The molecule has 224 valence electrons. The molecule has 0 aliphatic heterocycles. The summed E-state index contributed by atoms with van der Waals surface area (Å²) in [6.07, 6.45) is 0. The zero-order valence-corrected chi connectivity index (χ0v) is 26.5. The number of hydrogen-bond acceptors (Lipinski definition) is 0. The van der Waals surface area contributed by atoms with Gasteiger partial charge in [-0.25, -0.2) is 0 Å². The highest BCUT2D eigenvalue weighted by atomic mass is 14.2. The van der Waals surface area contributed by atoms with E-state index in [1.54, 1.807) is 0 Å². The fourth-order valence-electron chi connectivity index (χ4n) is 7.45. The second kappa shape index (κ2) is 11.8. The van der Waals surface area contributed by atoms with Crippen molar-refractivity contribution in [2.75, 3.05) is 0 Å². The highest BCUT2D eigenvalue weighted by Gasteiger charge is 2.20. The summed E-state index contributed by atoms with van der Waals surface area (Å²) in [5, 5.41) is 7.56. The Bertz CT molecular complexity index is 2510. The zero-order valence-electron chi connectivity index (χ0n) is 26.5. The maximum atomic E-state index is 2.40. The number of benzene rings is 9. The molecule has 0 aliphatic carbocycles. The van der Waals surface area contributed by atoms with Gasteiger partial charge < -0.3 is 0 Å². The molecule has 9 aromatic rings. The number of rotatable bonds is 5. The summed E-state index contributed by atoms with van der Waals surface area (Å²) in [4.78, 5) is 0. The highest BCUT2D eigenvalue weighted by molar-refractivity contribution is 6.22. The van der Waals surface area contributed by atoms with Crippen LogP contribution in [0.3, 0.4) is 0 Å². The van der Waals surface area contributed by atoms with Crippen LogP contribution in [0.15, 0.2) is 194 Å². The first-order chi connectivity index (χ1) is 23.8. The van der Waals surface area contributed by atoms with Gasteiger partial charge in [0, 0.05) is 0 Å². The predicted octanol–water partition coefficient (Wildman–Crippen LogP) is 13.5. The summed E-state index contributed by atoms with van der Waals surface area (Å²) < 4.78 is 0. The van der Waals surface area contributed by atoms with E-state index >= 15 is 0 Å². The van der Waals surface area contributed by atoms with E-state index < -0.39 is 0 Å². The van der Waals surface area contributed by atoms with Crippen molar-refractivity contribution in [3.8, 4) is 55.6 Å². The zero-order chi connectivity index (χ0) is 31.9. The molecule has 0 nitrogen and oxygen atoms in total. The molecule has 0 radical (unpaired) electrons. The van der Waals surface area contributed by atoms with Gasteiger partial charge in [0.05, 0.1) is 0 Å². The smallest absolute Gasteiger partial charge is 0.00201 e. The Kier molecular flexibility index (Phi) is 6.91. The van der Waals surface area contributed by atoms with Crippen LogP contribution in [-0.2, 0) is 0 Å². The normalized spacial score (nSPS) is 11.3. The Morgan fingerprint density at radius 2 is 0.667 bits per heavy atom. The molecule has 0 heteroatoms. The minimum atomic E-state index is 1.21. The molecule has 0 amide bonds. The third-order valence-corrected chi connectivity index (χ3v) is 9.69. The van der Waals surface area contributed by atoms with Crippen LogP contribution in [0.2, 0.25) is 0 Å². The van der Waals surface area contributed by atoms with Gasteiger partial charge in [-0.2, -0.15) is 0 Å². The molecule has 0 saturated heterocycles. The van der Waals surface area contributed by atoms with Gasteiger partial charge in [-0.15, -0.1) is 0 Å². The van der Waals surface area contributed by atoms with Gasteiger partial charge in [0.25, 0.3) is 0 Å². The lowest BCUT2D eigenvalue weighted by molar-refractivity contribution is 1.59. The quantitative estimate of drug-likeness (QED) is 0.171. The molecule has 9 aromatic carbocycles. The van der Waals surface area contributed by atoms with Gasteiger partial charge in [-0.3, -0.25) is 0 Å². The Morgan fingerprint density at radius 3 is 1.31 bits per heavy atom. The number of fused-ring (bicyclic) bond motifs is 3. The van der Waals surface area contributed by atoms with E-state index in [9.17, 15) is 0 Å². The molecule has 0 atom stereocenters. The fraction of sp³-hybridized carbons (Fsp3) is 0. The van der Waals surface area contributed by atoms with Gasteiger partial charge >= 0.3 is 0 Å². The minimum absolute atomic E-state index is 1.21. The Morgan fingerprint density at radius 1 is 0.208 bits per heavy atom. The standard InChI is InChI=1S/C48H32/c1-3-14-33(15-4-1)34-26-28-37(29-27-34)47-41-21-9-11-23-43(41)48(44-24-12-10-22-42(44)47)45-31-30-38(32-46(45)36-16-5-2-6-17-36)40-25-13-19-35-18-7-8-20-39(35)40/h1-32H. The van der Waals surface area contributed by atoms with E-state index in [-0.39, 0.29) is 0 Å². The second-order valence-corrected chi connectivity index (χ2v) is 12.4. The van der Waals surface area contributed by atoms with E-state index in [4.69, 9.17) is 0 Å². The molecule has 48 heavy (non-hydrogen) atoms. The maximum Gasteiger partial charge on any atom is -0.00201 e. The first kappa shape index (κ1) is 28.0. The van der Waals surface area contributed by atoms with Gasteiger partial charge in [0.1, 0.15) is 0 Å². The molecule has 0 aromatic heterocycles. The molecule has 0 fully saturated rings. The van der Waals surface area contributed by atoms with Crippen molar-refractivity contribution in [1.82, 2.24) is 0 Å². The van der Waals surface area contributed by atoms with Crippen molar-refractivity contribution in [3.63, 3.8) is 0 Å². The van der Waals surface area contributed by atoms with Crippen molar-refractivity contribution in [2.24, 2.45) is 0 Å². The highest BCUT2D eigenvalue weighted by Crippen LogP contribution is 2.47. The van der Waals surface area contributed by atoms with Gasteiger partial charge in [-0.05, 0) is 94.0 Å². The van der Waals surface area contributed by atoms with Crippen LogP contribution in [-0.4, -0.2) is 0 Å². The van der Waals surface area contributed by atoms with Gasteiger partial charge in [0.2, 0.25) is 0 Å². The monoisotopic (exact) mass is 608 g/mol. The van der Waals surface area contributed by atoms with E-state index in [0.717, 1.165) is 0 Å². The molecule has 0 spiro atoms. The van der Waals surface area contributed by atoms with E-state index in [1.807, 2.05) is 0 Å². The van der Waals surface area contributed by atoms with Crippen LogP contribution < -0.4 is 0 Å². The molecular weight excluding hydrogens is 577 g/mol. The average Bonchev–Trinajstić information content (AvgIpc) is 3.17. The van der Waals surface area contributed by atoms with Crippen LogP contribution in [0.4, 0.5) is 0 Å². The van der Waals surface area contributed by atoms with Crippen molar-refractivity contribution >= 4 is 32.3 Å². The van der Waals surface area contributed by atoms with Gasteiger partial charge in [0.15, 0.2) is 0 Å². The van der Waals surface area contributed by atoms with Crippen LogP contribution in [0, 0.1) is 0 Å². The Hall–Kier alpha value is -6.24. The molecular formula is C48H32. The summed E-state index contributed by atoms with van der Waals surface area (Å²) in [5.74, 6) is 0. The second-order valence-electron chi connectivity index (χ2n) is 12.4. The van der Waals surface area contributed by atoms with E-state index in [1.165, 1.54) is 88.0 Å². The van der Waals surface area contributed by atoms with E-state index in [0.29, 0.717) is 0 Å². The lowest BCUT2D eigenvalue weighted by atomic mass is 9.82. The summed E-state index contributed by atoms with van der Waals surface area (Å²) in [7, 11) is 0. The fourth-order valence-corrected chi connectivity index (χ4v) is 7.45. The molecule has 0 aliphatic rings. The van der Waals surface area contributed by atoms with Crippen LogP contribution in [0.5, 0.6) is 0 Å². The van der Waals surface area contributed by atoms with Crippen molar-refractivity contribution in [3.05, 3.63) is 194 Å². The summed E-state index contributed by atoms with van der Waals surface area (Å²) in [6, 6.07) is 70.7. The van der Waals surface area contributed by atoms with Crippen molar-refractivity contribution < 1.29 is 0 Å². The third-order valence-electron chi connectivity index (χ3n) is 9.69. The molecule has 9 rings (SSSR count). The first-order valence-corrected chi connectivity index (χ1v) is 16.6. The Balaban J connectivity index is 1.30. The van der Waals surface area contributed by atoms with Crippen molar-refractivity contribution in [2.45, 2.75) is 0 Å². The third kappa shape index (κ3) is 4.78. The minimum Gasteiger partial charge on any atom is -0.0622 e. The average molecular weight is 609 g/mol. The Labute approximate surface area is 281 Å². The maximum absolute atomic E-state index is 2.40. The summed E-state index contributed by atoms with van der Waals surface area (Å²) >= 11 is 0. The lowest BCUT2D eigenvalue weighted by Gasteiger charge is -2.20. The first-order valence-electron chi connectivity index (χ1n) is 16.6. The molecule has 0 saturated carbocycles. The summed E-state index contributed by atoms with van der Waals surface area (Å²) in [5.41, 5.74) is 12.4. The lowest BCUT2D eigenvalue weighted by Crippen LogP contribution is -1.93. The van der Waals surface area contributed by atoms with E-state index in [2.05, 4.69) is 194 Å². The van der Waals surface area contributed by atoms with Gasteiger partial charge in [-0.1, -0.05) is 188 Å². The molecule has 0 N–H and O–H groups in total. The van der Waals surface area contributed by atoms with Crippen LogP contribution in [0.25, 0.3) is 88.0 Å².